The molecule has 1 fully saturated rings. The van der Waals surface area contributed by atoms with Crippen molar-refractivity contribution in [3.05, 3.63) is 24.3 Å². The Morgan fingerprint density at radius 1 is 0.468 bits per heavy atom. The fraction of sp³-hybridized carbons (Fsp3) is 0.857. The molecule has 0 amide bonds. The lowest BCUT2D eigenvalue weighted by atomic mass is 9.98. The van der Waals surface area contributed by atoms with E-state index < -0.39 is 0 Å². The summed E-state index contributed by atoms with van der Waals surface area (Å²) < 4.78 is 11.2. The summed E-state index contributed by atoms with van der Waals surface area (Å²) in [6.07, 6.45) is 43.0. The van der Waals surface area contributed by atoms with Crippen LogP contribution in [0.15, 0.2) is 24.3 Å². The maximum atomic E-state index is 12.3. The highest BCUT2D eigenvalue weighted by Crippen LogP contribution is 2.19. The third-order valence-electron chi connectivity index (χ3n) is 9.68. The van der Waals surface area contributed by atoms with Crippen LogP contribution in [0.1, 0.15) is 194 Å². The summed E-state index contributed by atoms with van der Waals surface area (Å²) in [6, 6.07) is 0. The van der Waals surface area contributed by atoms with Gasteiger partial charge in [0.25, 0.3) is 0 Å². The molecule has 1 rings (SSSR count). The van der Waals surface area contributed by atoms with Crippen LogP contribution < -0.4 is 5.32 Å². The highest BCUT2D eigenvalue weighted by atomic mass is 16.5. The molecular weight excluding hydrogens is 582 g/mol. The zero-order chi connectivity index (χ0) is 33.9. The lowest BCUT2D eigenvalue weighted by Gasteiger charge is -2.18. The number of allylic oxidation sites excluding steroid dienone is 4. The van der Waals surface area contributed by atoms with Crippen LogP contribution in [0.4, 0.5) is 0 Å². The van der Waals surface area contributed by atoms with Gasteiger partial charge in [-0.05, 0) is 64.2 Å². The van der Waals surface area contributed by atoms with Crippen LogP contribution in [-0.2, 0) is 19.1 Å². The average Bonchev–Trinajstić information content (AvgIpc) is 3.53. The molecule has 1 saturated heterocycles. The lowest BCUT2D eigenvalue weighted by Crippen LogP contribution is -2.25. The minimum absolute atomic E-state index is 0.0885. The van der Waals surface area contributed by atoms with Crippen molar-refractivity contribution in [2.45, 2.75) is 194 Å². The molecule has 0 saturated carbocycles. The summed E-state index contributed by atoms with van der Waals surface area (Å²) in [6.45, 7) is 7.02. The van der Waals surface area contributed by atoms with E-state index in [4.69, 9.17) is 9.47 Å². The van der Waals surface area contributed by atoms with Crippen molar-refractivity contribution in [2.24, 2.45) is 11.8 Å². The zero-order valence-corrected chi connectivity index (χ0v) is 31.2. The van der Waals surface area contributed by atoms with Gasteiger partial charge < -0.3 is 14.8 Å². The Balaban J connectivity index is 1.93. The first-order valence-electron chi connectivity index (χ1n) is 20.5. The van der Waals surface area contributed by atoms with Crippen LogP contribution in [0.25, 0.3) is 0 Å². The molecule has 1 heterocycles. The molecule has 2 atom stereocenters. The van der Waals surface area contributed by atoms with Gasteiger partial charge in [-0.1, -0.05) is 141 Å². The third-order valence-corrected chi connectivity index (χ3v) is 9.68. The Hall–Kier alpha value is -1.62. The largest absolute Gasteiger partial charge is 0.465 e. The van der Waals surface area contributed by atoms with E-state index >= 15 is 0 Å². The summed E-state index contributed by atoms with van der Waals surface area (Å²) in [4.78, 5) is 24.6. The molecule has 1 aliphatic rings. The monoisotopic (exact) mass is 660 g/mol. The summed E-state index contributed by atoms with van der Waals surface area (Å²) in [5.74, 6) is 0.269. The number of esters is 2. The number of hydrogen-bond acceptors (Lipinski definition) is 5. The van der Waals surface area contributed by atoms with Gasteiger partial charge in [-0.2, -0.15) is 0 Å². The van der Waals surface area contributed by atoms with E-state index in [-0.39, 0.29) is 23.8 Å². The maximum absolute atomic E-state index is 12.3. The van der Waals surface area contributed by atoms with Gasteiger partial charge in [0.2, 0.25) is 0 Å². The predicted molar refractivity (Wildman–Crippen MR) is 201 cm³/mol. The van der Waals surface area contributed by atoms with Crippen LogP contribution in [0, 0.1) is 11.8 Å². The van der Waals surface area contributed by atoms with Gasteiger partial charge in [0.1, 0.15) is 0 Å². The molecule has 0 aromatic rings. The summed E-state index contributed by atoms with van der Waals surface area (Å²) in [5.41, 5.74) is 0. The Morgan fingerprint density at radius 2 is 0.766 bits per heavy atom. The van der Waals surface area contributed by atoms with E-state index in [2.05, 4.69) is 43.5 Å². The number of rotatable bonds is 34. The zero-order valence-electron chi connectivity index (χ0n) is 31.2. The quantitative estimate of drug-likeness (QED) is 0.0423. The highest BCUT2D eigenvalue weighted by molar-refractivity contribution is 5.69. The minimum atomic E-state index is -0.0885. The van der Waals surface area contributed by atoms with E-state index in [1.165, 1.54) is 141 Å². The standard InChI is InChI=1S/C42H77NO4/c1-3-5-7-9-11-13-15-17-19-21-23-25-27-29-31-33-41(44)46-37-39-35-43-36-40(39)38-47-42(45)34-32-30-28-26-24-22-20-18-16-14-12-10-8-6-4-2/h17-20,39-40,43H,3-16,21-38H2,1-2H3/b19-17-,20-18-/t39-,40?/m0/s1. The van der Waals surface area contributed by atoms with Gasteiger partial charge in [0, 0.05) is 37.8 Å². The molecule has 0 aromatic heterocycles. The highest BCUT2D eigenvalue weighted by Gasteiger charge is 2.29. The fourth-order valence-corrected chi connectivity index (χ4v) is 6.40. The lowest BCUT2D eigenvalue weighted by molar-refractivity contribution is -0.149. The van der Waals surface area contributed by atoms with Gasteiger partial charge in [-0.3, -0.25) is 9.59 Å². The van der Waals surface area contributed by atoms with Crippen molar-refractivity contribution in [1.29, 1.82) is 0 Å². The first-order chi connectivity index (χ1) is 23.2. The molecule has 1 N–H and O–H groups in total. The van der Waals surface area contributed by atoms with Crippen molar-refractivity contribution in [1.82, 2.24) is 5.32 Å². The molecule has 1 unspecified atom stereocenters. The van der Waals surface area contributed by atoms with Crippen molar-refractivity contribution in [2.75, 3.05) is 26.3 Å². The number of carbonyl (C=O) groups is 2. The topological polar surface area (TPSA) is 64.6 Å². The number of carbonyl (C=O) groups excluding carboxylic acids is 2. The van der Waals surface area contributed by atoms with Gasteiger partial charge in [0.05, 0.1) is 13.2 Å². The molecular formula is C42H77NO4. The van der Waals surface area contributed by atoms with Crippen LogP contribution in [0.2, 0.25) is 0 Å². The number of ether oxygens (including phenoxy) is 2. The number of nitrogens with one attached hydrogen (secondary N) is 1. The van der Waals surface area contributed by atoms with Gasteiger partial charge in [-0.25, -0.2) is 0 Å². The third kappa shape index (κ3) is 29.1. The van der Waals surface area contributed by atoms with Crippen molar-refractivity contribution in [3.8, 4) is 0 Å². The number of hydrogen-bond donors (Lipinski definition) is 1. The van der Waals surface area contributed by atoms with Gasteiger partial charge in [0.15, 0.2) is 0 Å². The Kier molecular flexibility index (Phi) is 31.6. The second-order valence-electron chi connectivity index (χ2n) is 14.2. The maximum Gasteiger partial charge on any atom is 0.305 e. The summed E-state index contributed by atoms with van der Waals surface area (Å²) in [5, 5.41) is 3.38. The van der Waals surface area contributed by atoms with Crippen LogP contribution in [-0.4, -0.2) is 38.2 Å². The first-order valence-corrected chi connectivity index (χ1v) is 20.5. The first kappa shape index (κ1) is 43.4. The van der Waals surface area contributed by atoms with E-state index in [0.29, 0.717) is 26.1 Å². The molecule has 5 heteroatoms. The average molecular weight is 660 g/mol. The number of unbranched alkanes of at least 4 members (excludes halogenated alkanes) is 22. The van der Waals surface area contributed by atoms with Crippen LogP contribution >= 0.6 is 0 Å². The molecule has 5 nitrogen and oxygen atoms in total. The van der Waals surface area contributed by atoms with Gasteiger partial charge >= 0.3 is 11.9 Å². The fourth-order valence-electron chi connectivity index (χ4n) is 6.40. The summed E-state index contributed by atoms with van der Waals surface area (Å²) in [7, 11) is 0. The molecule has 0 aromatic carbocycles. The van der Waals surface area contributed by atoms with Crippen LogP contribution in [0.3, 0.4) is 0 Å². The Labute approximate surface area is 291 Å². The molecule has 47 heavy (non-hydrogen) atoms. The van der Waals surface area contributed by atoms with E-state index in [9.17, 15) is 9.59 Å². The second kappa shape index (κ2) is 34.3. The second-order valence-corrected chi connectivity index (χ2v) is 14.2. The van der Waals surface area contributed by atoms with E-state index in [1.54, 1.807) is 0 Å². The summed E-state index contributed by atoms with van der Waals surface area (Å²) >= 11 is 0. The molecule has 274 valence electrons. The van der Waals surface area contributed by atoms with E-state index in [1.807, 2.05) is 0 Å². The van der Waals surface area contributed by atoms with E-state index in [0.717, 1.165) is 38.8 Å². The predicted octanol–water partition coefficient (Wildman–Crippen LogP) is 12.0. The normalized spacial score (nSPS) is 16.5. The van der Waals surface area contributed by atoms with Crippen molar-refractivity contribution in [3.63, 3.8) is 0 Å². The molecule has 0 aliphatic carbocycles. The SMILES string of the molecule is CCCCCCCC/C=C\CCCCCCCC(=O)OCC1CNC[C@H]1COC(=O)CCCCCCC/C=C\CCCCCCCC. The minimum Gasteiger partial charge on any atom is -0.465 e. The Bertz CT molecular complexity index is 702. The Morgan fingerprint density at radius 3 is 1.11 bits per heavy atom. The van der Waals surface area contributed by atoms with Crippen molar-refractivity contribution < 1.29 is 19.1 Å². The van der Waals surface area contributed by atoms with Gasteiger partial charge in [-0.15, -0.1) is 0 Å². The molecule has 0 radical (unpaired) electrons. The molecule has 1 aliphatic heterocycles. The van der Waals surface area contributed by atoms with Crippen LogP contribution in [0.5, 0.6) is 0 Å². The smallest absolute Gasteiger partial charge is 0.305 e. The molecule has 0 bridgehead atoms. The molecule has 0 spiro atoms. The van der Waals surface area contributed by atoms with Crippen molar-refractivity contribution >= 4 is 11.9 Å².